The summed E-state index contributed by atoms with van der Waals surface area (Å²) in [7, 11) is 1.63. The molecule has 1 heterocycles. The second-order valence-corrected chi connectivity index (χ2v) is 7.38. The van der Waals surface area contributed by atoms with Gasteiger partial charge in [-0.15, -0.1) is 0 Å². The van der Waals surface area contributed by atoms with Gasteiger partial charge in [0.25, 0.3) is 0 Å². The molecule has 134 valence electrons. The van der Waals surface area contributed by atoms with Crippen molar-refractivity contribution in [1.29, 1.82) is 0 Å². The number of fused-ring (bicyclic) bond motifs is 1. The maximum atomic E-state index is 12.2. The Morgan fingerprint density at radius 2 is 2.12 bits per heavy atom. The highest BCUT2D eigenvalue weighted by Gasteiger charge is 2.27. The van der Waals surface area contributed by atoms with E-state index >= 15 is 0 Å². The molecule has 0 spiro atoms. The van der Waals surface area contributed by atoms with Crippen molar-refractivity contribution in [3.63, 3.8) is 0 Å². The fourth-order valence-electron chi connectivity index (χ4n) is 3.32. The zero-order valence-electron chi connectivity index (χ0n) is 15.2. The zero-order valence-corrected chi connectivity index (χ0v) is 15.2. The minimum Gasteiger partial charge on any atom is -0.495 e. The van der Waals surface area contributed by atoms with E-state index in [1.807, 2.05) is 26.8 Å². The van der Waals surface area contributed by atoms with E-state index in [4.69, 9.17) is 15.2 Å². The van der Waals surface area contributed by atoms with Gasteiger partial charge in [0.15, 0.2) is 0 Å². The molecule has 2 aromatic rings. The number of nitrogen functional groups attached to an aromatic ring is 1. The number of anilines is 1. The Balaban J connectivity index is 1.90. The van der Waals surface area contributed by atoms with Crippen molar-refractivity contribution in [2.24, 2.45) is 0 Å². The third-order valence-corrected chi connectivity index (χ3v) is 4.43. The minimum atomic E-state index is -0.538. The molecule has 0 aliphatic heterocycles. The topological polar surface area (TPSA) is 79.4 Å². The van der Waals surface area contributed by atoms with Crippen LogP contribution in [0.2, 0.25) is 0 Å². The van der Waals surface area contributed by atoms with E-state index in [2.05, 4.69) is 11.1 Å². The van der Waals surface area contributed by atoms with E-state index in [0.29, 0.717) is 11.4 Å². The van der Waals surface area contributed by atoms with Gasteiger partial charge in [-0.2, -0.15) is 0 Å². The van der Waals surface area contributed by atoms with Gasteiger partial charge < -0.3 is 15.2 Å². The first-order valence-corrected chi connectivity index (χ1v) is 8.52. The lowest BCUT2D eigenvalue weighted by Crippen LogP contribution is -2.26. The maximum Gasteiger partial charge on any atom is 0.419 e. The molecule has 0 fully saturated rings. The Hall–Kier alpha value is -2.50. The van der Waals surface area contributed by atoms with Gasteiger partial charge in [-0.05, 0) is 57.2 Å². The van der Waals surface area contributed by atoms with Crippen molar-refractivity contribution in [2.75, 3.05) is 12.8 Å². The largest absolute Gasteiger partial charge is 0.495 e. The molecule has 0 saturated carbocycles. The lowest BCUT2D eigenvalue weighted by Gasteiger charge is -2.26. The lowest BCUT2D eigenvalue weighted by molar-refractivity contribution is 0.0536. The van der Waals surface area contributed by atoms with Crippen LogP contribution in [0.25, 0.3) is 0 Å². The second kappa shape index (κ2) is 6.43. The van der Waals surface area contributed by atoms with Gasteiger partial charge in [0, 0.05) is 12.1 Å². The SMILES string of the molecule is COc1ccc2c(c1N)CCCC2c1cn(C(=O)OC(C)(C)C)cn1. The molecule has 1 aromatic heterocycles. The van der Waals surface area contributed by atoms with Gasteiger partial charge in [-0.3, -0.25) is 0 Å². The average Bonchev–Trinajstić information content (AvgIpc) is 3.03. The lowest BCUT2D eigenvalue weighted by atomic mass is 9.80. The molecule has 2 N–H and O–H groups in total. The summed E-state index contributed by atoms with van der Waals surface area (Å²) in [6.45, 7) is 5.53. The molecule has 25 heavy (non-hydrogen) atoms. The molecular weight excluding hydrogens is 318 g/mol. The summed E-state index contributed by atoms with van der Waals surface area (Å²) in [4.78, 5) is 16.7. The van der Waals surface area contributed by atoms with Crippen LogP contribution in [0.1, 0.15) is 56.4 Å². The molecule has 0 saturated heterocycles. The standard InChI is InChI=1S/C19H25N3O3/c1-19(2,3)25-18(23)22-10-15(21-11-22)13-6-5-7-14-12(13)8-9-16(24-4)17(14)20/h8-11,13H,5-7,20H2,1-4H3. The number of hydrogen-bond donors (Lipinski definition) is 1. The van der Waals surface area contributed by atoms with E-state index < -0.39 is 11.7 Å². The van der Waals surface area contributed by atoms with E-state index in [0.717, 1.165) is 30.5 Å². The number of hydrogen-bond acceptors (Lipinski definition) is 5. The number of carbonyl (C=O) groups excluding carboxylic acids is 1. The number of rotatable bonds is 2. The van der Waals surface area contributed by atoms with Crippen molar-refractivity contribution in [3.05, 3.63) is 41.5 Å². The molecule has 0 bridgehead atoms. The monoisotopic (exact) mass is 343 g/mol. The molecule has 1 atom stereocenters. The molecule has 1 aliphatic carbocycles. The van der Waals surface area contributed by atoms with Gasteiger partial charge in [-0.1, -0.05) is 6.07 Å². The van der Waals surface area contributed by atoms with Gasteiger partial charge in [0.1, 0.15) is 17.7 Å². The van der Waals surface area contributed by atoms with Gasteiger partial charge in [0.05, 0.1) is 18.5 Å². The van der Waals surface area contributed by atoms with Crippen molar-refractivity contribution in [1.82, 2.24) is 9.55 Å². The van der Waals surface area contributed by atoms with Crippen molar-refractivity contribution in [3.8, 4) is 5.75 Å². The van der Waals surface area contributed by atoms with E-state index in [9.17, 15) is 4.79 Å². The maximum absolute atomic E-state index is 12.2. The van der Waals surface area contributed by atoms with Crippen molar-refractivity contribution < 1.29 is 14.3 Å². The Morgan fingerprint density at radius 1 is 1.36 bits per heavy atom. The fourth-order valence-corrected chi connectivity index (χ4v) is 3.32. The molecule has 1 unspecified atom stereocenters. The number of nitrogens with two attached hydrogens (primary N) is 1. The third kappa shape index (κ3) is 3.48. The fraction of sp³-hybridized carbons (Fsp3) is 0.474. The second-order valence-electron chi connectivity index (χ2n) is 7.38. The van der Waals surface area contributed by atoms with E-state index in [-0.39, 0.29) is 5.92 Å². The van der Waals surface area contributed by atoms with Crippen molar-refractivity contribution >= 4 is 11.8 Å². The average molecular weight is 343 g/mol. The Morgan fingerprint density at radius 3 is 2.80 bits per heavy atom. The predicted octanol–water partition coefficient (Wildman–Crippen LogP) is 3.73. The molecule has 1 aliphatic rings. The summed E-state index contributed by atoms with van der Waals surface area (Å²) in [5.41, 5.74) is 9.57. The molecule has 0 amide bonds. The van der Waals surface area contributed by atoms with Gasteiger partial charge in [-0.25, -0.2) is 14.3 Å². The number of methoxy groups -OCH3 is 1. The molecule has 1 aromatic carbocycles. The summed E-state index contributed by atoms with van der Waals surface area (Å²) >= 11 is 0. The summed E-state index contributed by atoms with van der Waals surface area (Å²) < 4.78 is 12.1. The number of imidazole rings is 1. The van der Waals surface area contributed by atoms with Crippen LogP contribution in [0, 0.1) is 0 Å². The molecule has 3 rings (SSSR count). The third-order valence-electron chi connectivity index (χ3n) is 4.43. The van der Waals surface area contributed by atoms with E-state index in [1.165, 1.54) is 16.5 Å². The summed E-state index contributed by atoms with van der Waals surface area (Å²) in [5.74, 6) is 0.833. The normalized spacial score (nSPS) is 17.0. The molecule has 0 radical (unpaired) electrons. The van der Waals surface area contributed by atoms with Crippen molar-refractivity contribution in [2.45, 2.75) is 51.6 Å². The Bertz CT molecular complexity index is 790. The van der Waals surface area contributed by atoms with Crippen LogP contribution in [0.5, 0.6) is 5.75 Å². The summed E-state index contributed by atoms with van der Waals surface area (Å²) in [6.07, 6.45) is 5.79. The van der Waals surface area contributed by atoms with Crippen LogP contribution in [0.4, 0.5) is 10.5 Å². The zero-order chi connectivity index (χ0) is 18.2. The number of benzene rings is 1. The Labute approximate surface area is 147 Å². The highest BCUT2D eigenvalue weighted by atomic mass is 16.6. The number of nitrogens with zero attached hydrogens (tertiary/aromatic N) is 2. The summed E-state index contributed by atoms with van der Waals surface area (Å²) in [5, 5.41) is 0. The first kappa shape index (κ1) is 17.3. The van der Waals surface area contributed by atoms with Crippen LogP contribution in [0.3, 0.4) is 0 Å². The first-order valence-electron chi connectivity index (χ1n) is 8.52. The highest BCUT2D eigenvalue weighted by molar-refractivity contribution is 5.71. The highest BCUT2D eigenvalue weighted by Crippen LogP contribution is 2.41. The van der Waals surface area contributed by atoms with Crippen LogP contribution >= 0.6 is 0 Å². The molecular formula is C19H25N3O3. The first-order chi connectivity index (χ1) is 11.8. The van der Waals surface area contributed by atoms with Gasteiger partial charge in [0.2, 0.25) is 0 Å². The van der Waals surface area contributed by atoms with Crippen LogP contribution < -0.4 is 10.5 Å². The number of aromatic nitrogens is 2. The quantitative estimate of drug-likeness (QED) is 0.841. The van der Waals surface area contributed by atoms with Crippen LogP contribution in [-0.4, -0.2) is 28.4 Å². The minimum absolute atomic E-state index is 0.126. The molecule has 6 heteroatoms. The van der Waals surface area contributed by atoms with E-state index in [1.54, 1.807) is 13.3 Å². The van der Waals surface area contributed by atoms with Gasteiger partial charge >= 0.3 is 6.09 Å². The number of carbonyl (C=O) groups is 1. The predicted molar refractivity (Wildman–Crippen MR) is 96.0 cm³/mol. The summed E-state index contributed by atoms with van der Waals surface area (Å²) in [6, 6.07) is 3.96. The van der Waals surface area contributed by atoms with Crippen LogP contribution in [-0.2, 0) is 11.2 Å². The smallest absolute Gasteiger partial charge is 0.419 e. The van der Waals surface area contributed by atoms with Crippen LogP contribution in [0.15, 0.2) is 24.7 Å². The molecule has 6 nitrogen and oxygen atoms in total. The Kier molecular flexibility index (Phi) is 4.45. The number of ether oxygens (including phenoxy) is 2.